The second-order valence-corrected chi connectivity index (χ2v) is 5.73. The molecule has 20 heavy (non-hydrogen) atoms. The van der Waals surface area contributed by atoms with Crippen LogP contribution in [-0.4, -0.2) is 24.5 Å². The van der Waals surface area contributed by atoms with Gasteiger partial charge in [-0.2, -0.15) is 11.8 Å². The van der Waals surface area contributed by atoms with Gasteiger partial charge < -0.3 is 11.1 Å². The van der Waals surface area contributed by atoms with E-state index in [4.69, 9.17) is 5.73 Å². The van der Waals surface area contributed by atoms with Gasteiger partial charge in [-0.15, -0.1) is 0 Å². The first-order valence-corrected chi connectivity index (χ1v) is 8.17. The van der Waals surface area contributed by atoms with Crippen molar-refractivity contribution in [3.63, 3.8) is 0 Å². The summed E-state index contributed by atoms with van der Waals surface area (Å²) >= 11 is 1.83. The Balaban J connectivity index is 2.04. The van der Waals surface area contributed by atoms with Crippen LogP contribution in [0.4, 0.5) is 5.69 Å². The van der Waals surface area contributed by atoms with Gasteiger partial charge in [-0.25, -0.2) is 0 Å². The van der Waals surface area contributed by atoms with E-state index < -0.39 is 0 Å². The average molecular weight is 288 g/mol. The van der Waals surface area contributed by atoms with E-state index >= 15 is 0 Å². The molecule has 2 rings (SSSR count). The van der Waals surface area contributed by atoms with Crippen LogP contribution in [0.5, 0.6) is 0 Å². The van der Waals surface area contributed by atoms with Gasteiger partial charge in [-0.05, 0) is 47.8 Å². The minimum Gasteiger partial charge on any atom is -0.398 e. The van der Waals surface area contributed by atoms with Crippen LogP contribution in [0, 0.1) is 0 Å². The maximum atomic E-state index is 12.1. The fourth-order valence-corrected chi connectivity index (χ4v) is 2.62. The molecule has 0 aliphatic carbocycles. The second kappa shape index (κ2) is 7.20. The van der Waals surface area contributed by atoms with Crippen LogP contribution in [0.25, 0.3) is 10.8 Å². The Morgan fingerprint density at radius 3 is 2.60 bits per heavy atom. The lowest BCUT2D eigenvalue weighted by atomic mass is 10.0. The fourth-order valence-electron chi connectivity index (χ4n) is 2.12. The normalized spacial score (nSPS) is 10.7. The van der Waals surface area contributed by atoms with Crippen LogP contribution < -0.4 is 11.1 Å². The lowest BCUT2D eigenvalue weighted by Crippen LogP contribution is -2.25. The number of carbonyl (C=O) groups excluding carboxylic acids is 1. The van der Waals surface area contributed by atoms with Crippen LogP contribution in [-0.2, 0) is 0 Å². The van der Waals surface area contributed by atoms with E-state index in [1.807, 2.05) is 48.2 Å². The molecule has 0 radical (unpaired) electrons. The Labute approximate surface area is 123 Å². The van der Waals surface area contributed by atoms with Gasteiger partial charge in [0.25, 0.3) is 5.91 Å². The first kappa shape index (κ1) is 14.7. The number of unbranched alkanes of at least 4 members (excludes halogenated alkanes) is 1. The topological polar surface area (TPSA) is 55.1 Å². The zero-order chi connectivity index (χ0) is 14.4. The number of rotatable bonds is 6. The number of amides is 1. The number of carbonyl (C=O) groups is 1. The summed E-state index contributed by atoms with van der Waals surface area (Å²) in [7, 11) is 0. The van der Waals surface area contributed by atoms with Gasteiger partial charge in [0.2, 0.25) is 0 Å². The summed E-state index contributed by atoms with van der Waals surface area (Å²) in [5, 5.41) is 5.03. The molecular weight excluding hydrogens is 268 g/mol. The number of anilines is 1. The molecular formula is C16H20N2OS. The van der Waals surface area contributed by atoms with Crippen LogP contribution in [0.15, 0.2) is 36.4 Å². The summed E-state index contributed by atoms with van der Waals surface area (Å²) in [6, 6.07) is 11.6. The summed E-state index contributed by atoms with van der Waals surface area (Å²) in [6.45, 7) is 0.700. The van der Waals surface area contributed by atoms with Crippen molar-refractivity contribution in [1.29, 1.82) is 0 Å². The van der Waals surface area contributed by atoms with Crippen molar-refractivity contribution in [2.24, 2.45) is 0 Å². The molecule has 0 fully saturated rings. The van der Waals surface area contributed by atoms with Crippen molar-refractivity contribution in [2.75, 3.05) is 24.3 Å². The van der Waals surface area contributed by atoms with Crippen molar-refractivity contribution in [3.8, 4) is 0 Å². The molecule has 0 aliphatic heterocycles. The quantitative estimate of drug-likeness (QED) is 0.633. The van der Waals surface area contributed by atoms with Gasteiger partial charge >= 0.3 is 0 Å². The molecule has 0 bridgehead atoms. The molecule has 1 amide bonds. The van der Waals surface area contributed by atoms with Crippen molar-refractivity contribution in [2.45, 2.75) is 12.8 Å². The molecule has 0 saturated carbocycles. The number of hydrogen-bond donors (Lipinski definition) is 2. The molecule has 0 aliphatic rings. The lowest BCUT2D eigenvalue weighted by molar-refractivity contribution is 0.0954. The van der Waals surface area contributed by atoms with Crippen LogP contribution in [0.1, 0.15) is 23.2 Å². The van der Waals surface area contributed by atoms with Crippen LogP contribution in [0.2, 0.25) is 0 Å². The number of hydrogen-bond acceptors (Lipinski definition) is 3. The highest BCUT2D eigenvalue weighted by atomic mass is 32.2. The Morgan fingerprint density at radius 2 is 1.90 bits per heavy atom. The molecule has 0 heterocycles. The molecule has 0 atom stereocenters. The van der Waals surface area contributed by atoms with Gasteiger partial charge in [0.15, 0.2) is 0 Å². The Hall–Kier alpha value is -1.68. The third-order valence-electron chi connectivity index (χ3n) is 3.22. The third kappa shape index (κ3) is 3.67. The van der Waals surface area contributed by atoms with E-state index in [0.717, 1.165) is 29.4 Å². The number of thioether (sulfide) groups is 1. The Kier molecular flexibility index (Phi) is 5.30. The zero-order valence-corrected chi connectivity index (χ0v) is 12.5. The molecule has 106 valence electrons. The van der Waals surface area contributed by atoms with Crippen molar-refractivity contribution in [1.82, 2.24) is 5.32 Å². The smallest absolute Gasteiger partial charge is 0.253 e. The zero-order valence-electron chi connectivity index (χ0n) is 11.7. The number of benzene rings is 2. The number of nitrogen functional groups attached to an aromatic ring is 1. The average Bonchev–Trinajstić information content (AvgIpc) is 2.46. The highest BCUT2D eigenvalue weighted by Crippen LogP contribution is 2.21. The van der Waals surface area contributed by atoms with Gasteiger partial charge in [0.1, 0.15) is 0 Å². The SMILES string of the molecule is CSCCCCNC(=O)c1cc2ccccc2cc1N. The van der Waals surface area contributed by atoms with Crippen molar-refractivity contribution >= 4 is 34.1 Å². The largest absolute Gasteiger partial charge is 0.398 e. The molecule has 0 spiro atoms. The molecule has 4 heteroatoms. The van der Waals surface area contributed by atoms with Gasteiger partial charge in [0.05, 0.1) is 5.56 Å². The van der Waals surface area contributed by atoms with E-state index in [0.29, 0.717) is 17.8 Å². The van der Waals surface area contributed by atoms with Gasteiger partial charge in [0, 0.05) is 12.2 Å². The molecule has 0 saturated heterocycles. The number of fused-ring (bicyclic) bond motifs is 1. The first-order chi connectivity index (χ1) is 9.72. The summed E-state index contributed by atoms with van der Waals surface area (Å²) in [5.41, 5.74) is 7.07. The fraction of sp³-hybridized carbons (Fsp3) is 0.312. The second-order valence-electron chi connectivity index (χ2n) is 4.74. The predicted molar refractivity (Wildman–Crippen MR) is 88.3 cm³/mol. The summed E-state index contributed by atoms with van der Waals surface area (Å²) in [6.07, 6.45) is 4.21. The maximum Gasteiger partial charge on any atom is 0.253 e. The summed E-state index contributed by atoms with van der Waals surface area (Å²) in [4.78, 5) is 12.1. The Morgan fingerprint density at radius 1 is 1.20 bits per heavy atom. The maximum absolute atomic E-state index is 12.1. The Bertz CT molecular complexity index is 598. The minimum atomic E-state index is -0.0857. The predicted octanol–water partition coefficient (Wildman–Crippen LogP) is 3.30. The summed E-state index contributed by atoms with van der Waals surface area (Å²) in [5.74, 6) is 1.05. The van der Waals surface area contributed by atoms with E-state index in [9.17, 15) is 4.79 Å². The van der Waals surface area contributed by atoms with E-state index in [-0.39, 0.29) is 5.91 Å². The molecule has 3 nitrogen and oxygen atoms in total. The first-order valence-electron chi connectivity index (χ1n) is 6.78. The summed E-state index contributed by atoms with van der Waals surface area (Å²) < 4.78 is 0. The highest BCUT2D eigenvalue weighted by Gasteiger charge is 2.10. The van der Waals surface area contributed by atoms with Crippen LogP contribution >= 0.6 is 11.8 Å². The molecule has 2 aromatic carbocycles. The van der Waals surface area contributed by atoms with Gasteiger partial charge in [-0.3, -0.25) is 4.79 Å². The molecule has 3 N–H and O–H groups in total. The van der Waals surface area contributed by atoms with E-state index in [1.54, 1.807) is 0 Å². The van der Waals surface area contributed by atoms with Gasteiger partial charge in [-0.1, -0.05) is 24.3 Å². The lowest BCUT2D eigenvalue weighted by Gasteiger charge is -2.09. The third-order valence-corrected chi connectivity index (χ3v) is 3.92. The van der Waals surface area contributed by atoms with Crippen molar-refractivity contribution < 1.29 is 4.79 Å². The highest BCUT2D eigenvalue weighted by molar-refractivity contribution is 7.98. The van der Waals surface area contributed by atoms with E-state index in [1.165, 1.54) is 0 Å². The number of nitrogens with two attached hydrogens (primary N) is 1. The monoisotopic (exact) mass is 288 g/mol. The van der Waals surface area contributed by atoms with Crippen molar-refractivity contribution in [3.05, 3.63) is 42.0 Å². The van der Waals surface area contributed by atoms with Crippen LogP contribution in [0.3, 0.4) is 0 Å². The molecule has 0 unspecified atom stereocenters. The standard InChI is InChI=1S/C16H20N2OS/c1-20-9-5-4-8-18-16(19)14-10-12-6-2-3-7-13(12)11-15(14)17/h2-3,6-7,10-11H,4-5,8-9,17H2,1H3,(H,18,19). The minimum absolute atomic E-state index is 0.0857. The molecule has 2 aromatic rings. The number of nitrogens with one attached hydrogen (secondary N) is 1. The van der Waals surface area contributed by atoms with E-state index in [2.05, 4.69) is 11.6 Å². The molecule has 0 aromatic heterocycles.